The minimum absolute atomic E-state index is 0.0388. The smallest absolute Gasteiger partial charge is 0.295 e. The van der Waals surface area contributed by atoms with Crippen molar-refractivity contribution in [3.63, 3.8) is 0 Å². The minimum Gasteiger partial charge on any atom is -0.495 e. The molecule has 0 radical (unpaired) electrons. The van der Waals surface area contributed by atoms with E-state index in [0.717, 1.165) is 24.2 Å². The second kappa shape index (κ2) is 10.7. The molecule has 0 bridgehead atoms. The van der Waals surface area contributed by atoms with E-state index in [1.165, 1.54) is 20.0 Å². The van der Waals surface area contributed by atoms with Gasteiger partial charge in [0.1, 0.15) is 17.1 Å². The lowest BCUT2D eigenvalue weighted by Gasteiger charge is -2.26. The number of rotatable bonds is 9. The van der Waals surface area contributed by atoms with Crippen LogP contribution in [0.4, 0.5) is 5.69 Å². The summed E-state index contributed by atoms with van der Waals surface area (Å²) in [5.41, 5.74) is 1.75. The van der Waals surface area contributed by atoms with Gasteiger partial charge in [-0.15, -0.1) is 0 Å². The Morgan fingerprint density at radius 2 is 1.76 bits per heavy atom. The third-order valence-corrected chi connectivity index (χ3v) is 6.95. The molecule has 0 saturated carbocycles. The first-order valence-electron chi connectivity index (χ1n) is 12.5. The summed E-state index contributed by atoms with van der Waals surface area (Å²) >= 11 is 6.41. The number of hydrogen-bond donors (Lipinski definition) is 0. The number of methoxy groups -OCH3 is 1. The molecule has 1 aromatic heterocycles. The Bertz CT molecular complexity index is 1490. The summed E-state index contributed by atoms with van der Waals surface area (Å²) in [5.74, 6) is 0.873. The average Bonchev–Trinajstić information content (AvgIpc) is 3.21. The van der Waals surface area contributed by atoms with Gasteiger partial charge in [0, 0.05) is 5.69 Å². The number of ether oxygens (including phenoxy) is 2. The molecule has 3 aromatic carbocycles. The van der Waals surface area contributed by atoms with Crippen LogP contribution >= 0.6 is 11.6 Å². The molecule has 0 aliphatic carbocycles. The predicted molar refractivity (Wildman–Crippen MR) is 145 cm³/mol. The van der Waals surface area contributed by atoms with Crippen LogP contribution in [-0.4, -0.2) is 19.6 Å². The molecule has 37 heavy (non-hydrogen) atoms. The Labute approximate surface area is 220 Å². The van der Waals surface area contributed by atoms with Gasteiger partial charge < -0.3 is 13.9 Å². The van der Waals surface area contributed by atoms with Crippen molar-refractivity contribution in [2.75, 3.05) is 18.6 Å². The molecule has 7 heteroatoms. The number of halogens is 1. The number of nitrogens with zero attached hydrogens (tertiary/aromatic N) is 1. The molecule has 1 atom stereocenters. The number of benzene rings is 3. The molecular weight excluding hydrogens is 490 g/mol. The van der Waals surface area contributed by atoms with Gasteiger partial charge in [-0.05, 0) is 54.4 Å². The average molecular weight is 518 g/mol. The van der Waals surface area contributed by atoms with Gasteiger partial charge >= 0.3 is 0 Å². The number of anilines is 1. The van der Waals surface area contributed by atoms with Gasteiger partial charge in [0.05, 0.1) is 35.7 Å². The van der Waals surface area contributed by atoms with Crippen LogP contribution in [0.1, 0.15) is 60.3 Å². The lowest BCUT2D eigenvalue weighted by molar-refractivity contribution is 0.0971. The van der Waals surface area contributed by atoms with Crippen LogP contribution in [0.25, 0.3) is 11.0 Å². The Morgan fingerprint density at radius 3 is 2.49 bits per heavy atom. The fourth-order valence-corrected chi connectivity index (χ4v) is 5.02. The van der Waals surface area contributed by atoms with Gasteiger partial charge in [0.15, 0.2) is 5.43 Å². The first-order chi connectivity index (χ1) is 18.0. The molecule has 0 fully saturated rings. The van der Waals surface area contributed by atoms with Gasteiger partial charge in [0.25, 0.3) is 5.91 Å². The van der Waals surface area contributed by atoms with E-state index in [1.807, 2.05) is 24.3 Å². The SMILES string of the molecule is CCCCCCOc1ccc(C2c3c(oc4ccccc4c3=O)C(=O)N2c2ccc(OC)c(Cl)c2)cc1. The third-order valence-electron chi connectivity index (χ3n) is 6.65. The maximum atomic E-state index is 13.7. The van der Waals surface area contributed by atoms with Crippen LogP contribution in [0.2, 0.25) is 5.02 Å². The van der Waals surface area contributed by atoms with Crippen molar-refractivity contribution in [1.82, 2.24) is 0 Å². The van der Waals surface area contributed by atoms with Gasteiger partial charge in [0.2, 0.25) is 5.76 Å². The zero-order valence-corrected chi connectivity index (χ0v) is 21.6. The maximum Gasteiger partial charge on any atom is 0.295 e. The summed E-state index contributed by atoms with van der Waals surface area (Å²) in [6.07, 6.45) is 4.51. The summed E-state index contributed by atoms with van der Waals surface area (Å²) in [7, 11) is 1.53. The highest BCUT2D eigenvalue weighted by atomic mass is 35.5. The van der Waals surface area contributed by atoms with Crippen LogP contribution in [0.15, 0.2) is 75.9 Å². The highest BCUT2D eigenvalue weighted by Crippen LogP contribution is 2.43. The van der Waals surface area contributed by atoms with Gasteiger partial charge in [-0.1, -0.05) is 62.1 Å². The number of carbonyl (C=O) groups excluding carboxylic acids is 1. The molecule has 1 amide bonds. The Morgan fingerprint density at radius 1 is 0.973 bits per heavy atom. The molecule has 190 valence electrons. The number of unbranched alkanes of at least 4 members (excludes halogenated alkanes) is 3. The van der Waals surface area contributed by atoms with Crippen LogP contribution in [0, 0.1) is 0 Å². The molecule has 0 saturated heterocycles. The largest absolute Gasteiger partial charge is 0.495 e. The van der Waals surface area contributed by atoms with Crippen LogP contribution in [0.5, 0.6) is 11.5 Å². The summed E-state index contributed by atoms with van der Waals surface area (Å²) in [6.45, 7) is 2.83. The first-order valence-corrected chi connectivity index (χ1v) is 12.9. The van der Waals surface area contributed by atoms with E-state index in [0.29, 0.717) is 39.6 Å². The number of amides is 1. The second-order valence-corrected chi connectivity index (χ2v) is 9.45. The fourth-order valence-electron chi connectivity index (χ4n) is 4.77. The topological polar surface area (TPSA) is 69.0 Å². The van der Waals surface area contributed by atoms with Crippen LogP contribution in [-0.2, 0) is 0 Å². The van der Waals surface area contributed by atoms with Gasteiger partial charge in [-0.25, -0.2) is 0 Å². The van der Waals surface area contributed by atoms with Crippen molar-refractivity contribution in [1.29, 1.82) is 0 Å². The molecule has 1 aliphatic rings. The van der Waals surface area contributed by atoms with Crippen molar-refractivity contribution in [2.24, 2.45) is 0 Å². The number of fused-ring (bicyclic) bond motifs is 2. The zero-order chi connectivity index (χ0) is 25.9. The van der Waals surface area contributed by atoms with Crippen LogP contribution in [0.3, 0.4) is 0 Å². The number of hydrogen-bond acceptors (Lipinski definition) is 5. The van der Waals surface area contributed by atoms with E-state index >= 15 is 0 Å². The fraction of sp³-hybridized carbons (Fsp3) is 0.267. The lowest BCUT2D eigenvalue weighted by atomic mass is 9.98. The lowest BCUT2D eigenvalue weighted by Crippen LogP contribution is -2.29. The summed E-state index contributed by atoms with van der Waals surface area (Å²) in [6, 6.07) is 18.9. The molecule has 1 unspecified atom stereocenters. The van der Waals surface area contributed by atoms with Crippen molar-refractivity contribution in [2.45, 2.75) is 38.6 Å². The van der Waals surface area contributed by atoms with Crippen molar-refractivity contribution < 1.29 is 18.7 Å². The predicted octanol–water partition coefficient (Wildman–Crippen LogP) is 7.16. The molecular formula is C30H28ClNO5. The summed E-state index contributed by atoms with van der Waals surface area (Å²) < 4.78 is 17.2. The molecule has 0 N–H and O–H groups in total. The second-order valence-electron chi connectivity index (χ2n) is 9.04. The molecule has 1 aliphatic heterocycles. The molecule has 5 rings (SSSR count). The Kier molecular flexibility index (Phi) is 7.19. The van der Waals surface area contributed by atoms with E-state index in [1.54, 1.807) is 47.4 Å². The van der Waals surface area contributed by atoms with E-state index in [2.05, 4.69) is 6.92 Å². The first kappa shape index (κ1) is 24.9. The number of para-hydroxylation sites is 1. The van der Waals surface area contributed by atoms with Crippen LogP contribution < -0.4 is 19.8 Å². The highest BCUT2D eigenvalue weighted by molar-refractivity contribution is 6.32. The van der Waals surface area contributed by atoms with E-state index in [4.69, 9.17) is 25.5 Å². The van der Waals surface area contributed by atoms with Crippen molar-refractivity contribution in [3.05, 3.63) is 98.9 Å². The quantitative estimate of drug-likeness (QED) is 0.220. The highest BCUT2D eigenvalue weighted by Gasteiger charge is 2.43. The van der Waals surface area contributed by atoms with Crippen molar-refractivity contribution in [3.8, 4) is 11.5 Å². The minimum atomic E-state index is -0.688. The normalized spacial score (nSPS) is 14.7. The maximum absolute atomic E-state index is 13.7. The van der Waals surface area contributed by atoms with E-state index < -0.39 is 11.9 Å². The number of carbonyl (C=O) groups is 1. The molecule has 0 spiro atoms. The Balaban J connectivity index is 1.57. The van der Waals surface area contributed by atoms with E-state index in [9.17, 15) is 9.59 Å². The van der Waals surface area contributed by atoms with Gasteiger partial charge in [-0.3, -0.25) is 14.5 Å². The summed E-state index contributed by atoms with van der Waals surface area (Å²) in [4.78, 5) is 29.0. The van der Waals surface area contributed by atoms with Crippen molar-refractivity contribution >= 4 is 34.2 Å². The summed E-state index contributed by atoms with van der Waals surface area (Å²) in [5, 5.41) is 0.791. The standard InChI is InChI=1S/C30H28ClNO5/c1-3-4-5-8-17-36-21-14-11-19(12-15-21)27-26-28(33)22-9-6-7-10-24(22)37-29(26)30(34)32(27)20-13-16-25(35-2)23(31)18-20/h6-7,9-16,18,27H,3-5,8,17H2,1-2H3. The Hall–Kier alpha value is -3.77. The molecule has 6 nitrogen and oxygen atoms in total. The molecule has 4 aromatic rings. The molecule has 2 heterocycles. The zero-order valence-electron chi connectivity index (χ0n) is 20.8. The third kappa shape index (κ3) is 4.69. The van der Waals surface area contributed by atoms with Gasteiger partial charge in [-0.2, -0.15) is 0 Å². The van der Waals surface area contributed by atoms with E-state index in [-0.39, 0.29) is 11.2 Å². The monoisotopic (exact) mass is 517 g/mol.